The van der Waals surface area contributed by atoms with Crippen molar-refractivity contribution in [1.82, 2.24) is 0 Å². The third-order valence-electron chi connectivity index (χ3n) is 4.17. The van der Waals surface area contributed by atoms with Crippen molar-refractivity contribution in [3.63, 3.8) is 0 Å². The van der Waals surface area contributed by atoms with E-state index in [4.69, 9.17) is 9.47 Å². The van der Waals surface area contributed by atoms with Gasteiger partial charge >= 0.3 is 5.97 Å². The van der Waals surface area contributed by atoms with Crippen LogP contribution in [0, 0.1) is 6.92 Å². The van der Waals surface area contributed by atoms with Crippen molar-refractivity contribution in [3.05, 3.63) is 69.0 Å². The van der Waals surface area contributed by atoms with E-state index in [1.54, 1.807) is 25.3 Å². The quantitative estimate of drug-likeness (QED) is 0.509. The van der Waals surface area contributed by atoms with Crippen molar-refractivity contribution in [2.75, 3.05) is 19.5 Å². The van der Waals surface area contributed by atoms with Crippen LogP contribution in [-0.2, 0) is 4.74 Å². The summed E-state index contributed by atoms with van der Waals surface area (Å²) >= 11 is 4.70. The molecule has 1 N–H and O–H groups in total. The second kappa shape index (κ2) is 8.58. The van der Waals surface area contributed by atoms with Crippen molar-refractivity contribution in [2.45, 2.75) is 6.92 Å². The minimum absolute atomic E-state index is 0.297. The van der Waals surface area contributed by atoms with Crippen LogP contribution >= 0.6 is 27.3 Å². The topological polar surface area (TPSA) is 64.6 Å². The second-order valence-corrected chi connectivity index (χ2v) is 8.06. The molecule has 0 saturated heterocycles. The maximum atomic E-state index is 12.7. The van der Waals surface area contributed by atoms with Crippen LogP contribution in [0.3, 0.4) is 0 Å². The number of thiophene rings is 1. The van der Waals surface area contributed by atoms with Gasteiger partial charge < -0.3 is 14.8 Å². The number of esters is 1. The predicted molar refractivity (Wildman–Crippen MR) is 114 cm³/mol. The Morgan fingerprint density at radius 3 is 2.39 bits per heavy atom. The van der Waals surface area contributed by atoms with Crippen LogP contribution in [0.25, 0.3) is 11.1 Å². The average molecular weight is 460 g/mol. The van der Waals surface area contributed by atoms with Gasteiger partial charge in [0.1, 0.15) is 16.3 Å². The van der Waals surface area contributed by atoms with E-state index in [1.165, 1.54) is 18.4 Å². The number of rotatable bonds is 5. The van der Waals surface area contributed by atoms with Crippen molar-refractivity contribution >= 4 is 44.1 Å². The number of hydrogen-bond acceptors (Lipinski definition) is 5. The molecule has 3 aromatic rings. The van der Waals surface area contributed by atoms with Crippen LogP contribution in [0.1, 0.15) is 25.6 Å². The molecule has 1 aromatic heterocycles. The summed E-state index contributed by atoms with van der Waals surface area (Å²) < 4.78 is 11.0. The van der Waals surface area contributed by atoms with Crippen LogP contribution < -0.4 is 10.1 Å². The first kappa shape index (κ1) is 20.1. The number of hydrogen-bond donors (Lipinski definition) is 1. The lowest BCUT2D eigenvalue weighted by molar-refractivity contribution is 0.0603. The Hall–Kier alpha value is -2.64. The summed E-state index contributed by atoms with van der Waals surface area (Å²) in [6, 6.07) is 14.5. The molecule has 0 bridgehead atoms. The van der Waals surface area contributed by atoms with Crippen molar-refractivity contribution in [1.29, 1.82) is 0 Å². The van der Waals surface area contributed by atoms with Gasteiger partial charge in [0.2, 0.25) is 0 Å². The fourth-order valence-corrected chi connectivity index (χ4v) is 4.30. The smallest absolute Gasteiger partial charge is 0.341 e. The molecular weight excluding hydrogens is 442 g/mol. The van der Waals surface area contributed by atoms with Crippen LogP contribution in [0.5, 0.6) is 5.75 Å². The Bertz CT molecular complexity index is 1030. The van der Waals surface area contributed by atoms with Crippen LogP contribution in [-0.4, -0.2) is 26.1 Å². The van der Waals surface area contributed by atoms with Gasteiger partial charge in [0.15, 0.2) is 0 Å². The van der Waals surface area contributed by atoms with Crippen molar-refractivity contribution < 1.29 is 19.1 Å². The highest BCUT2D eigenvalue weighted by Crippen LogP contribution is 2.41. The zero-order valence-electron chi connectivity index (χ0n) is 15.5. The highest BCUT2D eigenvalue weighted by atomic mass is 79.9. The molecule has 1 amide bonds. The number of nitrogens with one attached hydrogen (secondary N) is 1. The molecule has 0 spiro atoms. The van der Waals surface area contributed by atoms with Gasteiger partial charge in [-0.15, -0.1) is 11.3 Å². The molecule has 3 rings (SSSR count). The lowest BCUT2D eigenvalue weighted by Gasteiger charge is -2.09. The molecule has 2 aromatic carbocycles. The van der Waals surface area contributed by atoms with Gasteiger partial charge in [-0.2, -0.15) is 0 Å². The Morgan fingerprint density at radius 2 is 1.79 bits per heavy atom. The summed E-state index contributed by atoms with van der Waals surface area (Å²) in [7, 11) is 2.92. The molecule has 0 aliphatic heterocycles. The lowest BCUT2D eigenvalue weighted by Crippen LogP contribution is -2.14. The van der Waals surface area contributed by atoms with E-state index in [0.29, 0.717) is 16.1 Å². The molecule has 0 fully saturated rings. The largest absolute Gasteiger partial charge is 0.497 e. The van der Waals surface area contributed by atoms with Gasteiger partial charge in [-0.3, -0.25) is 4.79 Å². The molecule has 0 radical (unpaired) electrons. The molecule has 0 atom stereocenters. The maximum absolute atomic E-state index is 12.7. The standard InChI is InChI=1S/C21H18BrNO4S/c1-12-17(13-7-9-16(26-2)10-8-13)18(21(25)27-3)20(28-12)23-19(24)14-5-4-6-15(22)11-14/h4-11H,1-3H3,(H,23,24). The van der Waals surface area contributed by atoms with Gasteiger partial charge in [0.25, 0.3) is 5.91 Å². The average Bonchev–Trinajstić information content (AvgIpc) is 3.03. The third kappa shape index (κ3) is 4.10. The summed E-state index contributed by atoms with van der Waals surface area (Å²) in [5.41, 5.74) is 2.42. The number of amides is 1. The maximum Gasteiger partial charge on any atom is 0.341 e. The Labute approximate surface area is 175 Å². The fraction of sp³-hybridized carbons (Fsp3) is 0.143. The first-order chi connectivity index (χ1) is 13.4. The zero-order chi connectivity index (χ0) is 20.3. The molecule has 144 valence electrons. The summed E-state index contributed by atoms with van der Waals surface area (Å²) in [4.78, 5) is 26.1. The third-order valence-corrected chi connectivity index (χ3v) is 5.68. The Morgan fingerprint density at radius 1 is 1.07 bits per heavy atom. The van der Waals surface area contributed by atoms with Gasteiger partial charge in [0, 0.05) is 20.5 Å². The van der Waals surface area contributed by atoms with Crippen LogP contribution in [0.4, 0.5) is 5.00 Å². The fourth-order valence-electron chi connectivity index (χ4n) is 2.84. The monoisotopic (exact) mass is 459 g/mol. The molecule has 5 nitrogen and oxygen atoms in total. The molecule has 0 aliphatic carbocycles. The van der Waals surface area contributed by atoms with Crippen molar-refractivity contribution in [2.24, 2.45) is 0 Å². The second-order valence-electron chi connectivity index (χ2n) is 5.92. The van der Waals surface area contributed by atoms with E-state index in [-0.39, 0.29) is 5.91 Å². The first-order valence-corrected chi connectivity index (χ1v) is 9.98. The van der Waals surface area contributed by atoms with Crippen molar-refractivity contribution in [3.8, 4) is 16.9 Å². The van der Waals surface area contributed by atoms with Gasteiger partial charge in [-0.25, -0.2) is 4.79 Å². The SMILES string of the molecule is COC(=O)c1c(NC(=O)c2cccc(Br)c2)sc(C)c1-c1ccc(OC)cc1. The molecule has 0 unspecified atom stereocenters. The highest BCUT2D eigenvalue weighted by Gasteiger charge is 2.25. The first-order valence-electron chi connectivity index (χ1n) is 8.37. The number of methoxy groups -OCH3 is 2. The molecule has 0 aliphatic rings. The molecule has 1 heterocycles. The van der Waals surface area contributed by atoms with Gasteiger partial charge in [-0.05, 0) is 42.8 Å². The summed E-state index contributed by atoms with van der Waals surface area (Å²) in [5.74, 6) is -0.0758. The summed E-state index contributed by atoms with van der Waals surface area (Å²) in [6.07, 6.45) is 0. The number of benzene rings is 2. The number of carbonyl (C=O) groups excluding carboxylic acids is 2. The minimum Gasteiger partial charge on any atom is -0.497 e. The van der Waals surface area contributed by atoms with E-state index in [2.05, 4.69) is 21.2 Å². The van der Waals surface area contributed by atoms with Gasteiger partial charge in [-0.1, -0.05) is 34.1 Å². The zero-order valence-corrected chi connectivity index (χ0v) is 17.9. The molecule has 0 saturated carbocycles. The van der Waals surface area contributed by atoms with Crippen LogP contribution in [0.15, 0.2) is 53.0 Å². The number of aryl methyl sites for hydroxylation is 1. The number of ether oxygens (including phenoxy) is 2. The van der Waals surface area contributed by atoms with E-state index in [9.17, 15) is 9.59 Å². The Kier molecular flexibility index (Phi) is 6.16. The van der Waals surface area contributed by atoms with E-state index >= 15 is 0 Å². The minimum atomic E-state index is -0.500. The van der Waals surface area contributed by atoms with E-state index in [1.807, 2.05) is 37.3 Å². The molecule has 7 heteroatoms. The summed E-state index contributed by atoms with van der Waals surface area (Å²) in [5, 5.41) is 3.31. The van der Waals surface area contributed by atoms with E-state index in [0.717, 1.165) is 26.2 Å². The van der Waals surface area contributed by atoms with Crippen LogP contribution in [0.2, 0.25) is 0 Å². The number of carbonyl (C=O) groups is 2. The molecule has 28 heavy (non-hydrogen) atoms. The predicted octanol–water partition coefficient (Wildman–Crippen LogP) is 5.53. The van der Waals surface area contributed by atoms with Gasteiger partial charge in [0.05, 0.1) is 14.2 Å². The Balaban J connectivity index is 2.04. The molecular formula is C21H18BrNO4S. The highest BCUT2D eigenvalue weighted by molar-refractivity contribution is 9.10. The normalized spacial score (nSPS) is 10.4. The van der Waals surface area contributed by atoms with E-state index < -0.39 is 5.97 Å². The number of halogens is 1. The number of anilines is 1. The summed E-state index contributed by atoms with van der Waals surface area (Å²) in [6.45, 7) is 1.91. The lowest BCUT2D eigenvalue weighted by atomic mass is 10.0.